The fraction of sp³-hybridized carbons (Fsp3) is 0.500. The summed E-state index contributed by atoms with van der Waals surface area (Å²) in [6.07, 6.45) is 7.20. The third-order valence-corrected chi connectivity index (χ3v) is 3.14. The van der Waals surface area contributed by atoms with E-state index < -0.39 is 0 Å². The Labute approximate surface area is 115 Å². The molecular formula is C16H21NO2. The molecular weight excluding hydrogens is 238 g/mol. The summed E-state index contributed by atoms with van der Waals surface area (Å²) < 4.78 is 11.5. The predicted molar refractivity (Wildman–Crippen MR) is 76.6 cm³/mol. The number of nitrogens with one attached hydrogen (secondary N) is 1. The highest BCUT2D eigenvalue weighted by Crippen LogP contribution is 2.35. The lowest BCUT2D eigenvalue weighted by Gasteiger charge is -2.13. The Morgan fingerprint density at radius 2 is 2.37 bits per heavy atom. The molecule has 0 bridgehead atoms. The lowest BCUT2D eigenvalue weighted by molar-refractivity contribution is 0.254. The van der Waals surface area contributed by atoms with Gasteiger partial charge in [0.05, 0.1) is 6.61 Å². The van der Waals surface area contributed by atoms with Crippen LogP contribution in [0.3, 0.4) is 0 Å². The smallest absolute Gasteiger partial charge is 0.124 e. The van der Waals surface area contributed by atoms with E-state index in [1.807, 2.05) is 6.92 Å². The zero-order chi connectivity index (χ0) is 13.7. The van der Waals surface area contributed by atoms with Crippen LogP contribution >= 0.6 is 0 Å². The van der Waals surface area contributed by atoms with Gasteiger partial charge >= 0.3 is 0 Å². The Morgan fingerprint density at radius 1 is 1.53 bits per heavy atom. The average Bonchev–Trinajstić information content (AvgIpc) is 2.74. The van der Waals surface area contributed by atoms with Crippen molar-refractivity contribution >= 4 is 0 Å². The van der Waals surface area contributed by atoms with Crippen LogP contribution in [0, 0.1) is 12.3 Å². The Morgan fingerprint density at radius 3 is 3.11 bits per heavy atom. The lowest BCUT2D eigenvalue weighted by atomic mass is 10.1. The molecule has 0 radical (unpaired) electrons. The van der Waals surface area contributed by atoms with Gasteiger partial charge in [-0.3, -0.25) is 0 Å². The summed E-state index contributed by atoms with van der Waals surface area (Å²) in [5.74, 6) is 4.56. The molecule has 1 aromatic rings. The second-order valence-corrected chi connectivity index (χ2v) is 4.76. The minimum absolute atomic E-state index is 0.258. The average molecular weight is 259 g/mol. The van der Waals surface area contributed by atoms with Gasteiger partial charge in [-0.1, -0.05) is 0 Å². The van der Waals surface area contributed by atoms with Crippen molar-refractivity contribution in [3.8, 4) is 23.8 Å². The van der Waals surface area contributed by atoms with Crippen molar-refractivity contribution in [2.45, 2.75) is 39.3 Å². The highest BCUT2D eigenvalue weighted by Gasteiger charge is 2.21. The van der Waals surface area contributed by atoms with E-state index in [0.717, 1.165) is 43.0 Å². The van der Waals surface area contributed by atoms with Crippen molar-refractivity contribution in [3.05, 3.63) is 23.3 Å². The lowest BCUT2D eigenvalue weighted by Crippen LogP contribution is -2.15. The van der Waals surface area contributed by atoms with Crippen molar-refractivity contribution < 1.29 is 9.47 Å². The number of hydrogen-bond acceptors (Lipinski definition) is 3. The first kappa shape index (κ1) is 13.8. The molecule has 0 amide bonds. The van der Waals surface area contributed by atoms with E-state index >= 15 is 0 Å². The molecule has 1 atom stereocenters. The molecule has 1 N–H and O–H groups in total. The first-order valence-electron chi connectivity index (χ1n) is 6.84. The van der Waals surface area contributed by atoms with Crippen LogP contribution in [0.15, 0.2) is 12.1 Å². The molecule has 0 fully saturated rings. The van der Waals surface area contributed by atoms with E-state index in [-0.39, 0.29) is 6.10 Å². The number of benzene rings is 1. The highest BCUT2D eigenvalue weighted by molar-refractivity contribution is 5.48. The molecule has 0 saturated heterocycles. The normalized spacial score (nSPS) is 16.6. The van der Waals surface area contributed by atoms with Crippen LogP contribution in [0.4, 0.5) is 0 Å². The topological polar surface area (TPSA) is 30.5 Å². The van der Waals surface area contributed by atoms with E-state index in [9.17, 15) is 0 Å². The maximum absolute atomic E-state index is 5.79. The van der Waals surface area contributed by atoms with Crippen molar-refractivity contribution in [2.75, 3.05) is 13.2 Å². The van der Waals surface area contributed by atoms with Crippen LogP contribution in [0.5, 0.6) is 11.5 Å². The third kappa shape index (κ3) is 3.42. The number of hydrogen-bond donors (Lipinski definition) is 1. The van der Waals surface area contributed by atoms with Crippen molar-refractivity contribution in [2.24, 2.45) is 0 Å². The third-order valence-electron chi connectivity index (χ3n) is 3.14. The molecule has 0 aromatic heterocycles. The first-order valence-corrected chi connectivity index (χ1v) is 6.84. The molecule has 1 aliphatic rings. The minimum atomic E-state index is 0.258. The zero-order valence-electron chi connectivity index (χ0n) is 11.7. The molecule has 0 aliphatic carbocycles. The van der Waals surface area contributed by atoms with Crippen LogP contribution in [0.25, 0.3) is 0 Å². The fourth-order valence-electron chi connectivity index (χ4n) is 2.29. The van der Waals surface area contributed by atoms with Crippen molar-refractivity contribution in [1.82, 2.24) is 5.32 Å². The van der Waals surface area contributed by atoms with Gasteiger partial charge in [0.1, 0.15) is 17.6 Å². The molecule has 1 unspecified atom stereocenters. The van der Waals surface area contributed by atoms with Gasteiger partial charge in [0.25, 0.3) is 0 Å². The van der Waals surface area contributed by atoms with Gasteiger partial charge in [-0.05, 0) is 26.0 Å². The summed E-state index contributed by atoms with van der Waals surface area (Å²) in [7, 11) is 0. The number of ether oxygens (including phenoxy) is 2. The van der Waals surface area contributed by atoms with Gasteiger partial charge < -0.3 is 14.8 Å². The number of rotatable bonds is 6. The van der Waals surface area contributed by atoms with E-state index in [2.05, 4.69) is 30.3 Å². The van der Waals surface area contributed by atoms with Gasteiger partial charge in [-0.25, -0.2) is 0 Å². The van der Waals surface area contributed by atoms with Crippen LogP contribution < -0.4 is 14.8 Å². The Hall–Kier alpha value is -1.66. The van der Waals surface area contributed by atoms with Crippen LogP contribution in [0.1, 0.15) is 31.4 Å². The largest absolute Gasteiger partial charge is 0.494 e. The molecule has 19 heavy (non-hydrogen) atoms. The maximum atomic E-state index is 5.79. The minimum Gasteiger partial charge on any atom is -0.494 e. The van der Waals surface area contributed by atoms with E-state index in [0.29, 0.717) is 6.61 Å². The standard InChI is InChI=1S/C16H21NO2/c1-4-6-7-17-11-14-10-16-13(8-12(3)19-16)9-15(14)18-5-2/h1,9-10,12,17H,5-8,11H2,2-3H3. The Balaban J connectivity index is 2.12. The van der Waals surface area contributed by atoms with E-state index in [4.69, 9.17) is 15.9 Å². The zero-order valence-corrected chi connectivity index (χ0v) is 11.7. The molecule has 0 saturated carbocycles. The van der Waals surface area contributed by atoms with Gasteiger partial charge in [-0.15, -0.1) is 12.3 Å². The van der Waals surface area contributed by atoms with Gasteiger partial charge in [0, 0.05) is 37.1 Å². The maximum Gasteiger partial charge on any atom is 0.124 e. The molecule has 0 spiro atoms. The van der Waals surface area contributed by atoms with Gasteiger partial charge in [0.2, 0.25) is 0 Å². The number of fused-ring (bicyclic) bond motifs is 1. The fourth-order valence-corrected chi connectivity index (χ4v) is 2.29. The quantitative estimate of drug-likeness (QED) is 0.629. The van der Waals surface area contributed by atoms with Crippen molar-refractivity contribution in [3.63, 3.8) is 0 Å². The van der Waals surface area contributed by atoms with E-state index in [1.54, 1.807) is 0 Å². The molecule has 1 aromatic carbocycles. The van der Waals surface area contributed by atoms with Crippen LogP contribution in [-0.2, 0) is 13.0 Å². The summed E-state index contributed by atoms with van der Waals surface area (Å²) in [4.78, 5) is 0. The summed E-state index contributed by atoms with van der Waals surface area (Å²) in [5.41, 5.74) is 2.37. The SMILES string of the molecule is C#CCCNCc1cc2c(cc1OCC)CC(C)O2. The first-order chi connectivity index (χ1) is 9.24. The summed E-state index contributed by atoms with van der Waals surface area (Å²) >= 11 is 0. The molecule has 3 nitrogen and oxygen atoms in total. The molecule has 3 heteroatoms. The van der Waals surface area contributed by atoms with E-state index in [1.165, 1.54) is 5.56 Å². The van der Waals surface area contributed by atoms with Gasteiger partial charge in [0.15, 0.2) is 0 Å². The Kier molecular flexibility index (Phi) is 4.70. The monoisotopic (exact) mass is 259 g/mol. The van der Waals surface area contributed by atoms with Crippen molar-refractivity contribution in [1.29, 1.82) is 0 Å². The second kappa shape index (κ2) is 6.49. The number of terminal acetylenes is 1. The second-order valence-electron chi connectivity index (χ2n) is 4.76. The molecule has 1 heterocycles. The molecule has 1 aliphatic heterocycles. The van der Waals surface area contributed by atoms with Gasteiger partial charge in [-0.2, -0.15) is 0 Å². The Bertz CT molecular complexity index is 476. The molecule has 2 rings (SSSR count). The van der Waals surface area contributed by atoms with Crippen LogP contribution in [0.2, 0.25) is 0 Å². The summed E-state index contributed by atoms with van der Waals surface area (Å²) in [6.45, 7) is 6.33. The highest BCUT2D eigenvalue weighted by atomic mass is 16.5. The predicted octanol–water partition coefficient (Wildman–Crippen LogP) is 2.52. The summed E-state index contributed by atoms with van der Waals surface area (Å²) in [6, 6.07) is 4.20. The molecule has 102 valence electrons. The van der Waals surface area contributed by atoms with Crippen LogP contribution in [-0.4, -0.2) is 19.3 Å². The summed E-state index contributed by atoms with van der Waals surface area (Å²) in [5, 5.41) is 3.33.